The zero-order chi connectivity index (χ0) is 12.4. The van der Waals surface area contributed by atoms with Crippen molar-refractivity contribution in [2.24, 2.45) is 23.5 Å². The lowest BCUT2D eigenvalue weighted by Crippen LogP contribution is -2.26. The Morgan fingerprint density at radius 3 is 2.94 bits per heavy atom. The molecule has 2 saturated carbocycles. The number of hydrogen-bond donors (Lipinski definition) is 1. The van der Waals surface area contributed by atoms with Gasteiger partial charge in [0.15, 0.2) is 0 Å². The first-order valence-corrected chi connectivity index (χ1v) is 8.47. The van der Waals surface area contributed by atoms with Crippen molar-refractivity contribution in [2.75, 3.05) is 0 Å². The van der Waals surface area contributed by atoms with E-state index in [0.29, 0.717) is 6.04 Å². The highest BCUT2D eigenvalue weighted by Crippen LogP contribution is 2.49. The van der Waals surface area contributed by atoms with Crippen LogP contribution in [0.5, 0.6) is 0 Å². The normalized spacial score (nSPS) is 31.9. The van der Waals surface area contributed by atoms with Crippen LogP contribution in [0.3, 0.4) is 0 Å². The van der Waals surface area contributed by atoms with Gasteiger partial charge in [-0.2, -0.15) is 0 Å². The van der Waals surface area contributed by atoms with Crippen LogP contribution in [-0.2, 0) is 6.42 Å². The van der Waals surface area contributed by atoms with Crippen molar-refractivity contribution in [1.82, 2.24) is 0 Å². The summed E-state index contributed by atoms with van der Waals surface area (Å²) in [6, 6.07) is 4.84. The first kappa shape index (κ1) is 12.7. The van der Waals surface area contributed by atoms with E-state index in [0.717, 1.165) is 17.8 Å². The molecular weight excluding hydrogens is 238 g/mol. The van der Waals surface area contributed by atoms with Gasteiger partial charge in [-0.25, -0.2) is 0 Å². The Bertz CT molecular complexity index is 359. The fraction of sp³-hybridized carbons (Fsp3) is 0.750. The Morgan fingerprint density at radius 2 is 2.28 bits per heavy atom. The first-order chi connectivity index (χ1) is 8.81. The lowest BCUT2D eigenvalue weighted by molar-refractivity contribution is 0.289. The molecule has 0 radical (unpaired) electrons. The highest BCUT2D eigenvalue weighted by Gasteiger charge is 2.39. The molecule has 1 nitrogen and oxygen atoms in total. The maximum atomic E-state index is 6.33. The molecule has 18 heavy (non-hydrogen) atoms. The van der Waals surface area contributed by atoms with Crippen molar-refractivity contribution in [1.29, 1.82) is 0 Å². The van der Waals surface area contributed by atoms with Crippen LogP contribution in [0, 0.1) is 17.8 Å². The summed E-state index contributed by atoms with van der Waals surface area (Å²) in [5.74, 6) is 3.08. The lowest BCUT2D eigenvalue weighted by atomic mass is 9.83. The maximum Gasteiger partial charge on any atom is 0.00452 e. The van der Waals surface area contributed by atoms with E-state index in [9.17, 15) is 0 Å². The molecule has 3 rings (SSSR count). The van der Waals surface area contributed by atoms with Crippen molar-refractivity contribution >= 4 is 11.3 Å². The van der Waals surface area contributed by atoms with E-state index in [2.05, 4.69) is 17.5 Å². The Labute approximate surface area is 115 Å². The fourth-order valence-corrected chi connectivity index (χ4v) is 4.92. The molecule has 0 amide bonds. The molecule has 2 aliphatic carbocycles. The molecule has 0 saturated heterocycles. The zero-order valence-electron chi connectivity index (χ0n) is 11.2. The number of fused-ring (bicyclic) bond motifs is 2. The van der Waals surface area contributed by atoms with E-state index >= 15 is 0 Å². The Hall–Kier alpha value is -0.340. The fourth-order valence-electron chi connectivity index (χ4n) is 4.17. The number of rotatable bonds is 6. The van der Waals surface area contributed by atoms with Crippen LogP contribution in [0.15, 0.2) is 17.5 Å². The lowest BCUT2D eigenvalue weighted by Gasteiger charge is -2.24. The highest BCUT2D eigenvalue weighted by molar-refractivity contribution is 7.09. The summed E-state index contributed by atoms with van der Waals surface area (Å²) in [7, 11) is 0. The minimum atomic E-state index is 0.453. The van der Waals surface area contributed by atoms with E-state index in [1.807, 2.05) is 11.3 Å². The second kappa shape index (κ2) is 5.75. The molecule has 2 bridgehead atoms. The van der Waals surface area contributed by atoms with Crippen LogP contribution in [0.1, 0.15) is 49.8 Å². The van der Waals surface area contributed by atoms with Gasteiger partial charge in [0.25, 0.3) is 0 Å². The molecule has 1 aromatic heterocycles. The summed E-state index contributed by atoms with van der Waals surface area (Å²) < 4.78 is 0. The quantitative estimate of drug-likeness (QED) is 0.817. The predicted molar refractivity (Wildman–Crippen MR) is 78.8 cm³/mol. The van der Waals surface area contributed by atoms with Gasteiger partial charge in [-0.3, -0.25) is 0 Å². The van der Waals surface area contributed by atoms with Crippen molar-refractivity contribution in [3.8, 4) is 0 Å². The topological polar surface area (TPSA) is 26.0 Å². The average Bonchev–Trinajstić information content (AvgIpc) is 3.04. The zero-order valence-corrected chi connectivity index (χ0v) is 12.0. The standard InChI is InChI=1S/C16H25NS/c17-15(3-1-4-16-5-2-8-18-16)11-14-10-12-6-7-13(14)9-12/h2,5,8,12-15H,1,3-4,6-7,9-11,17H2. The molecule has 1 heterocycles. The smallest absolute Gasteiger partial charge is 0.00452 e. The second-order valence-electron chi connectivity index (χ2n) is 6.40. The molecule has 4 atom stereocenters. The minimum Gasteiger partial charge on any atom is -0.328 e. The van der Waals surface area contributed by atoms with Crippen LogP contribution >= 0.6 is 11.3 Å². The van der Waals surface area contributed by atoms with Crippen LogP contribution in [0.4, 0.5) is 0 Å². The molecule has 2 heteroatoms. The van der Waals surface area contributed by atoms with Crippen LogP contribution in [-0.4, -0.2) is 6.04 Å². The number of aryl methyl sites for hydroxylation is 1. The van der Waals surface area contributed by atoms with Gasteiger partial charge in [-0.15, -0.1) is 11.3 Å². The summed E-state index contributed by atoms with van der Waals surface area (Å²) >= 11 is 1.88. The van der Waals surface area contributed by atoms with E-state index in [-0.39, 0.29) is 0 Å². The van der Waals surface area contributed by atoms with Gasteiger partial charge >= 0.3 is 0 Å². The van der Waals surface area contributed by atoms with Gasteiger partial charge in [0.05, 0.1) is 0 Å². The average molecular weight is 263 g/mol. The van der Waals surface area contributed by atoms with Gasteiger partial charge < -0.3 is 5.73 Å². The Kier molecular flexibility index (Phi) is 4.05. The van der Waals surface area contributed by atoms with Crippen LogP contribution in [0.2, 0.25) is 0 Å². The third kappa shape index (κ3) is 2.97. The molecule has 0 aromatic carbocycles. The second-order valence-corrected chi connectivity index (χ2v) is 7.43. The SMILES string of the molecule is NC(CCCc1cccs1)CC1CC2CCC1C2. The highest BCUT2D eigenvalue weighted by atomic mass is 32.1. The Morgan fingerprint density at radius 1 is 1.33 bits per heavy atom. The molecule has 4 unspecified atom stereocenters. The van der Waals surface area contributed by atoms with Gasteiger partial charge in [-0.05, 0) is 74.1 Å². The Balaban J connectivity index is 1.36. The van der Waals surface area contributed by atoms with Gasteiger partial charge in [0.2, 0.25) is 0 Å². The van der Waals surface area contributed by atoms with E-state index in [1.54, 1.807) is 0 Å². The minimum absolute atomic E-state index is 0.453. The van der Waals surface area contributed by atoms with Gasteiger partial charge in [0.1, 0.15) is 0 Å². The molecule has 0 spiro atoms. The maximum absolute atomic E-state index is 6.33. The number of nitrogens with two attached hydrogens (primary N) is 1. The van der Waals surface area contributed by atoms with Crippen molar-refractivity contribution in [3.63, 3.8) is 0 Å². The molecular formula is C16H25NS. The molecule has 2 fully saturated rings. The third-order valence-corrected chi connectivity index (χ3v) is 6.00. The molecule has 2 N–H and O–H groups in total. The first-order valence-electron chi connectivity index (χ1n) is 7.59. The molecule has 100 valence electrons. The van der Waals surface area contributed by atoms with Crippen molar-refractivity contribution < 1.29 is 0 Å². The van der Waals surface area contributed by atoms with Crippen molar-refractivity contribution in [3.05, 3.63) is 22.4 Å². The number of thiophene rings is 1. The van der Waals surface area contributed by atoms with Gasteiger partial charge in [-0.1, -0.05) is 12.5 Å². The van der Waals surface area contributed by atoms with Crippen LogP contribution < -0.4 is 5.73 Å². The predicted octanol–water partition coefficient (Wildman–Crippen LogP) is 4.22. The van der Waals surface area contributed by atoms with E-state index < -0.39 is 0 Å². The largest absolute Gasteiger partial charge is 0.328 e. The summed E-state index contributed by atoms with van der Waals surface area (Å²) in [5.41, 5.74) is 6.33. The number of hydrogen-bond acceptors (Lipinski definition) is 2. The molecule has 2 aliphatic rings. The van der Waals surface area contributed by atoms with Crippen molar-refractivity contribution in [2.45, 2.75) is 57.4 Å². The molecule has 1 aromatic rings. The van der Waals surface area contributed by atoms with E-state index in [4.69, 9.17) is 5.73 Å². The van der Waals surface area contributed by atoms with E-state index in [1.165, 1.54) is 56.2 Å². The van der Waals surface area contributed by atoms with Crippen LogP contribution in [0.25, 0.3) is 0 Å². The summed E-state index contributed by atoms with van der Waals surface area (Å²) in [4.78, 5) is 1.52. The van der Waals surface area contributed by atoms with Gasteiger partial charge in [0, 0.05) is 10.9 Å². The summed E-state index contributed by atoms with van der Waals surface area (Å²) in [5, 5.41) is 2.17. The summed E-state index contributed by atoms with van der Waals surface area (Å²) in [6.07, 6.45) is 11.0. The summed E-state index contributed by atoms with van der Waals surface area (Å²) in [6.45, 7) is 0. The monoisotopic (exact) mass is 263 g/mol. The third-order valence-electron chi connectivity index (χ3n) is 5.07. The molecule has 0 aliphatic heterocycles.